The summed E-state index contributed by atoms with van der Waals surface area (Å²) in [6.07, 6.45) is 1.19. The predicted octanol–water partition coefficient (Wildman–Crippen LogP) is 2.91. The third kappa shape index (κ3) is 4.59. The average Bonchev–Trinajstić information content (AvgIpc) is 2.43. The summed E-state index contributed by atoms with van der Waals surface area (Å²) in [7, 11) is -2.97. The van der Waals surface area contributed by atoms with Crippen molar-refractivity contribution in [2.45, 2.75) is 18.9 Å². The van der Waals surface area contributed by atoms with Crippen molar-refractivity contribution in [2.75, 3.05) is 12.0 Å². The smallest absolute Gasteiger partial charge is 0.147 e. The van der Waals surface area contributed by atoms with Crippen LogP contribution in [-0.4, -0.2) is 25.5 Å². The lowest BCUT2D eigenvalue weighted by Gasteiger charge is -2.08. The Bertz CT molecular complexity index is 453. The van der Waals surface area contributed by atoms with E-state index in [2.05, 4.69) is 0 Å². The van der Waals surface area contributed by atoms with E-state index in [0.29, 0.717) is 27.1 Å². The highest BCUT2D eigenvalue weighted by Crippen LogP contribution is 2.36. The molecular formula is C9H12Cl2O3S2. The fourth-order valence-corrected chi connectivity index (χ4v) is 3.53. The second kappa shape index (κ2) is 5.69. The van der Waals surface area contributed by atoms with E-state index in [1.165, 1.54) is 17.6 Å². The summed E-state index contributed by atoms with van der Waals surface area (Å²) in [6, 6.07) is 1.61. The van der Waals surface area contributed by atoms with E-state index in [9.17, 15) is 13.5 Å². The van der Waals surface area contributed by atoms with Crippen LogP contribution in [0.1, 0.15) is 24.5 Å². The molecule has 0 fully saturated rings. The lowest BCUT2D eigenvalue weighted by atomic mass is 10.1. The fraction of sp³-hybridized carbons (Fsp3) is 0.556. The maximum absolute atomic E-state index is 10.9. The summed E-state index contributed by atoms with van der Waals surface area (Å²) in [5.41, 5.74) is 0.574. The molecule has 92 valence electrons. The van der Waals surface area contributed by atoms with Crippen molar-refractivity contribution in [3.05, 3.63) is 20.3 Å². The highest BCUT2D eigenvalue weighted by atomic mass is 35.5. The van der Waals surface area contributed by atoms with Crippen LogP contribution in [0.4, 0.5) is 0 Å². The van der Waals surface area contributed by atoms with Gasteiger partial charge < -0.3 is 5.11 Å². The number of aliphatic hydroxyl groups is 1. The van der Waals surface area contributed by atoms with E-state index in [-0.39, 0.29) is 5.75 Å². The molecule has 1 unspecified atom stereocenters. The lowest BCUT2D eigenvalue weighted by molar-refractivity contribution is 0.167. The summed E-state index contributed by atoms with van der Waals surface area (Å²) in [4.78, 5) is 0. The first-order valence-electron chi connectivity index (χ1n) is 4.60. The van der Waals surface area contributed by atoms with Crippen LogP contribution >= 0.6 is 34.5 Å². The molecule has 0 bridgehead atoms. The molecule has 3 nitrogen and oxygen atoms in total. The third-order valence-electron chi connectivity index (χ3n) is 2.03. The van der Waals surface area contributed by atoms with Crippen molar-refractivity contribution in [1.29, 1.82) is 0 Å². The molecule has 1 aromatic rings. The summed E-state index contributed by atoms with van der Waals surface area (Å²) in [6.45, 7) is 0. The van der Waals surface area contributed by atoms with E-state index in [4.69, 9.17) is 23.2 Å². The zero-order chi connectivity index (χ0) is 12.3. The number of rotatable bonds is 5. The number of hydrogen-bond acceptors (Lipinski definition) is 4. The molecule has 16 heavy (non-hydrogen) atoms. The van der Waals surface area contributed by atoms with Crippen molar-refractivity contribution < 1.29 is 13.5 Å². The Morgan fingerprint density at radius 2 is 2.12 bits per heavy atom. The summed E-state index contributed by atoms with van der Waals surface area (Å²) in [5, 5.41) is 9.78. The van der Waals surface area contributed by atoms with Crippen LogP contribution in [0.2, 0.25) is 8.67 Å². The maximum atomic E-state index is 10.9. The summed E-state index contributed by atoms with van der Waals surface area (Å²) in [5.74, 6) is 0.0690. The first-order valence-corrected chi connectivity index (χ1v) is 8.23. The van der Waals surface area contributed by atoms with Crippen molar-refractivity contribution in [3.8, 4) is 0 Å². The molecule has 0 aromatic carbocycles. The van der Waals surface area contributed by atoms with E-state index >= 15 is 0 Å². The van der Waals surface area contributed by atoms with Crippen LogP contribution in [-0.2, 0) is 9.84 Å². The maximum Gasteiger partial charge on any atom is 0.147 e. The highest BCUT2D eigenvalue weighted by Gasteiger charge is 2.15. The molecule has 0 aliphatic rings. The number of halogens is 2. The first kappa shape index (κ1) is 14.3. The molecule has 1 aromatic heterocycles. The van der Waals surface area contributed by atoms with Gasteiger partial charge in [-0.2, -0.15) is 0 Å². The predicted molar refractivity (Wildman–Crippen MR) is 68.2 cm³/mol. The molecule has 1 heterocycles. The largest absolute Gasteiger partial charge is 0.388 e. The number of hydrogen-bond donors (Lipinski definition) is 1. The fourth-order valence-electron chi connectivity index (χ4n) is 1.27. The van der Waals surface area contributed by atoms with E-state index < -0.39 is 15.9 Å². The molecule has 7 heteroatoms. The molecule has 0 aliphatic carbocycles. The molecule has 0 radical (unpaired) electrons. The normalized spacial score (nSPS) is 14.0. The Kier molecular flexibility index (Phi) is 5.07. The molecule has 1 N–H and O–H groups in total. The van der Waals surface area contributed by atoms with Gasteiger partial charge in [0.15, 0.2) is 0 Å². The Hall–Kier alpha value is 0.190. The Balaban J connectivity index is 2.53. The zero-order valence-electron chi connectivity index (χ0n) is 8.61. The molecule has 0 aliphatic heterocycles. The van der Waals surface area contributed by atoms with Gasteiger partial charge in [-0.05, 0) is 18.9 Å². The minimum atomic E-state index is -2.97. The molecule has 0 saturated carbocycles. The Morgan fingerprint density at radius 1 is 1.50 bits per heavy atom. The second-order valence-electron chi connectivity index (χ2n) is 3.57. The standard InChI is InChI=1S/C9H12Cl2O3S2/c1-16(13,14)4-2-3-7(12)6-5-8(10)15-9(6)11/h5,7,12H,2-4H2,1H3. The quantitative estimate of drug-likeness (QED) is 0.910. The number of sulfone groups is 1. The Morgan fingerprint density at radius 3 is 2.56 bits per heavy atom. The van der Waals surface area contributed by atoms with Gasteiger partial charge in [0.05, 0.1) is 10.4 Å². The third-order valence-corrected chi connectivity index (χ3v) is 4.58. The monoisotopic (exact) mass is 302 g/mol. The van der Waals surface area contributed by atoms with Gasteiger partial charge >= 0.3 is 0 Å². The summed E-state index contributed by atoms with van der Waals surface area (Å²) < 4.78 is 22.8. The minimum Gasteiger partial charge on any atom is -0.388 e. The molecule has 0 spiro atoms. The SMILES string of the molecule is CS(=O)(=O)CCCC(O)c1cc(Cl)sc1Cl. The molecule has 1 rings (SSSR count). The van der Waals surface area contributed by atoms with Crippen LogP contribution in [0.5, 0.6) is 0 Å². The van der Waals surface area contributed by atoms with Gasteiger partial charge in [-0.25, -0.2) is 8.42 Å². The molecule has 0 amide bonds. The van der Waals surface area contributed by atoms with Crippen molar-refractivity contribution >= 4 is 44.4 Å². The van der Waals surface area contributed by atoms with E-state index in [1.807, 2.05) is 0 Å². The molecular weight excluding hydrogens is 291 g/mol. The van der Waals surface area contributed by atoms with Crippen molar-refractivity contribution in [2.24, 2.45) is 0 Å². The van der Waals surface area contributed by atoms with Crippen LogP contribution < -0.4 is 0 Å². The van der Waals surface area contributed by atoms with Gasteiger partial charge in [-0.3, -0.25) is 0 Å². The number of thiophene rings is 1. The average molecular weight is 303 g/mol. The Labute approximate surface area is 109 Å². The van der Waals surface area contributed by atoms with Gasteiger partial charge in [0, 0.05) is 17.6 Å². The van der Waals surface area contributed by atoms with Gasteiger partial charge in [-0.15, -0.1) is 11.3 Å². The van der Waals surface area contributed by atoms with Crippen molar-refractivity contribution in [3.63, 3.8) is 0 Å². The second-order valence-corrected chi connectivity index (χ2v) is 8.11. The van der Waals surface area contributed by atoms with Crippen LogP contribution in [0.3, 0.4) is 0 Å². The van der Waals surface area contributed by atoms with Gasteiger partial charge in [0.25, 0.3) is 0 Å². The first-order chi connectivity index (χ1) is 7.29. The topological polar surface area (TPSA) is 54.4 Å². The van der Waals surface area contributed by atoms with E-state index in [0.717, 1.165) is 0 Å². The zero-order valence-corrected chi connectivity index (χ0v) is 11.8. The minimum absolute atomic E-state index is 0.0690. The lowest BCUT2D eigenvalue weighted by Crippen LogP contribution is -2.05. The highest BCUT2D eigenvalue weighted by molar-refractivity contribution is 7.90. The van der Waals surface area contributed by atoms with Crippen LogP contribution in [0.15, 0.2) is 6.07 Å². The van der Waals surface area contributed by atoms with Gasteiger partial charge in [0.2, 0.25) is 0 Å². The van der Waals surface area contributed by atoms with Gasteiger partial charge in [0.1, 0.15) is 14.2 Å². The van der Waals surface area contributed by atoms with Crippen molar-refractivity contribution in [1.82, 2.24) is 0 Å². The van der Waals surface area contributed by atoms with Gasteiger partial charge in [-0.1, -0.05) is 23.2 Å². The van der Waals surface area contributed by atoms with Crippen LogP contribution in [0.25, 0.3) is 0 Å². The molecule has 1 atom stereocenters. The molecule has 0 saturated heterocycles. The summed E-state index contributed by atoms with van der Waals surface area (Å²) >= 11 is 12.8. The van der Waals surface area contributed by atoms with Crippen LogP contribution in [0, 0.1) is 0 Å². The number of aliphatic hydroxyl groups excluding tert-OH is 1. The van der Waals surface area contributed by atoms with E-state index in [1.54, 1.807) is 6.07 Å².